The molecule has 0 saturated carbocycles. The Morgan fingerprint density at radius 1 is 1.50 bits per heavy atom. The first-order valence-electron chi connectivity index (χ1n) is 5.33. The van der Waals surface area contributed by atoms with Crippen molar-refractivity contribution >= 4 is 5.91 Å². The highest BCUT2D eigenvalue weighted by Crippen LogP contribution is 2.12. The molecule has 1 aliphatic carbocycles. The van der Waals surface area contributed by atoms with Gasteiger partial charge in [-0.15, -0.1) is 0 Å². The van der Waals surface area contributed by atoms with Crippen molar-refractivity contribution in [1.82, 2.24) is 10.3 Å². The molecular weight excluding hydrogens is 207 g/mol. The summed E-state index contributed by atoms with van der Waals surface area (Å²) >= 11 is 0. The zero-order valence-electron chi connectivity index (χ0n) is 8.82. The SMILES string of the molecule is O=C(NC1CC=CCC1)c1ccncc1F. The zero-order chi connectivity index (χ0) is 11.4. The minimum atomic E-state index is -0.577. The summed E-state index contributed by atoms with van der Waals surface area (Å²) in [4.78, 5) is 15.3. The van der Waals surface area contributed by atoms with E-state index in [0.29, 0.717) is 0 Å². The lowest BCUT2D eigenvalue weighted by molar-refractivity contribution is 0.0930. The molecule has 0 saturated heterocycles. The molecule has 0 aliphatic heterocycles. The molecule has 3 nitrogen and oxygen atoms in total. The molecule has 1 unspecified atom stereocenters. The van der Waals surface area contributed by atoms with Crippen molar-refractivity contribution in [3.8, 4) is 0 Å². The van der Waals surface area contributed by atoms with Gasteiger partial charge in [-0.2, -0.15) is 0 Å². The van der Waals surface area contributed by atoms with Crippen LogP contribution in [-0.4, -0.2) is 16.9 Å². The van der Waals surface area contributed by atoms with Crippen LogP contribution in [0.5, 0.6) is 0 Å². The van der Waals surface area contributed by atoms with Crippen molar-refractivity contribution in [3.05, 3.63) is 42.0 Å². The molecule has 1 atom stereocenters. The third-order valence-corrected chi connectivity index (χ3v) is 2.62. The van der Waals surface area contributed by atoms with E-state index in [1.165, 1.54) is 12.3 Å². The number of hydrogen-bond donors (Lipinski definition) is 1. The Bertz CT molecular complexity index is 417. The number of hydrogen-bond acceptors (Lipinski definition) is 2. The summed E-state index contributed by atoms with van der Waals surface area (Å²) in [6.45, 7) is 0. The maximum absolute atomic E-state index is 13.3. The van der Waals surface area contributed by atoms with Gasteiger partial charge in [0.05, 0.1) is 11.8 Å². The molecule has 1 aliphatic rings. The summed E-state index contributed by atoms with van der Waals surface area (Å²) in [5.41, 5.74) is 0.0598. The summed E-state index contributed by atoms with van der Waals surface area (Å²) in [5, 5.41) is 2.82. The van der Waals surface area contributed by atoms with Gasteiger partial charge in [0.25, 0.3) is 5.91 Å². The van der Waals surface area contributed by atoms with Crippen LogP contribution in [0.25, 0.3) is 0 Å². The quantitative estimate of drug-likeness (QED) is 0.775. The minimum Gasteiger partial charge on any atom is -0.349 e. The van der Waals surface area contributed by atoms with E-state index >= 15 is 0 Å². The largest absolute Gasteiger partial charge is 0.349 e. The molecule has 1 amide bonds. The molecule has 1 heterocycles. The number of amides is 1. The van der Waals surface area contributed by atoms with Crippen molar-refractivity contribution < 1.29 is 9.18 Å². The van der Waals surface area contributed by atoms with Crippen LogP contribution in [0, 0.1) is 5.82 Å². The number of nitrogens with zero attached hydrogens (tertiary/aromatic N) is 1. The summed E-state index contributed by atoms with van der Waals surface area (Å²) in [7, 11) is 0. The predicted molar refractivity (Wildman–Crippen MR) is 58.4 cm³/mol. The highest BCUT2D eigenvalue weighted by atomic mass is 19.1. The Labute approximate surface area is 93.4 Å². The van der Waals surface area contributed by atoms with Gasteiger partial charge in [-0.25, -0.2) is 4.39 Å². The third-order valence-electron chi connectivity index (χ3n) is 2.62. The Morgan fingerprint density at radius 3 is 3.06 bits per heavy atom. The maximum Gasteiger partial charge on any atom is 0.254 e. The van der Waals surface area contributed by atoms with Gasteiger partial charge in [-0.1, -0.05) is 12.2 Å². The highest BCUT2D eigenvalue weighted by molar-refractivity contribution is 5.94. The molecular formula is C12H13FN2O. The normalized spacial score (nSPS) is 19.4. The van der Waals surface area contributed by atoms with Crippen LogP contribution in [0.1, 0.15) is 29.6 Å². The average Bonchev–Trinajstić information content (AvgIpc) is 2.31. The van der Waals surface area contributed by atoms with Crippen LogP contribution in [0.15, 0.2) is 30.6 Å². The van der Waals surface area contributed by atoms with Crippen molar-refractivity contribution in [1.29, 1.82) is 0 Å². The molecule has 0 bridgehead atoms. The maximum atomic E-state index is 13.3. The number of nitrogens with one attached hydrogen (secondary N) is 1. The van der Waals surface area contributed by atoms with E-state index in [1.54, 1.807) is 0 Å². The molecule has 1 N–H and O–H groups in total. The van der Waals surface area contributed by atoms with E-state index in [4.69, 9.17) is 0 Å². The van der Waals surface area contributed by atoms with E-state index in [9.17, 15) is 9.18 Å². The zero-order valence-corrected chi connectivity index (χ0v) is 8.82. The van der Waals surface area contributed by atoms with E-state index in [1.807, 2.05) is 6.08 Å². The number of rotatable bonds is 2. The van der Waals surface area contributed by atoms with Crippen LogP contribution in [0.4, 0.5) is 4.39 Å². The van der Waals surface area contributed by atoms with Gasteiger partial charge < -0.3 is 5.32 Å². The number of aromatic nitrogens is 1. The number of halogens is 1. The summed E-state index contributed by atoms with van der Waals surface area (Å²) < 4.78 is 13.3. The second-order valence-electron chi connectivity index (χ2n) is 3.81. The van der Waals surface area contributed by atoms with Crippen molar-refractivity contribution in [2.75, 3.05) is 0 Å². The molecule has 0 radical (unpaired) electrons. The van der Waals surface area contributed by atoms with E-state index < -0.39 is 5.82 Å². The predicted octanol–water partition coefficient (Wildman–Crippen LogP) is 2.06. The second-order valence-corrected chi connectivity index (χ2v) is 3.81. The highest BCUT2D eigenvalue weighted by Gasteiger charge is 2.16. The fourth-order valence-electron chi connectivity index (χ4n) is 1.75. The number of pyridine rings is 1. The number of carbonyl (C=O) groups is 1. The summed E-state index contributed by atoms with van der Waals surface area (Å²) in [5.74, 6) is -0.938. The Kier molecular flexibility index (Phi) is 3.29. The van der Waals surface area contributed by atoms with Gasteiger partial charge in [-0.3, -0.25) is 9.78 Å². The van der Waals surface area contributed by atoms with Crippen LogP contribution in [0.3, 0.4) is 0 Å². The van der Waals surface area contributed by atoms with Crippen molar-refractivity contribution in [3.63, 3.8) is 0 Å². The van der Waals surface area contributed by atoms with Crippen LogP contribution < -0.4 is 5.32 Å². The fourth-order valence-corrected chi connectivity index (χ4v) is 1.75. The van der Waals surface area contributed by atoms with Gasteiger partial charge in [-0.05, 0) is 25.3 Å². The van der Waals surface area contributed by atoms with Gasteiger partial charge in [0.15, 0.2) is 5.82 Å². The Morgan fingerprint density at radius 2 is 2.38 bits per heavy atom. The fraction of sp³-hybridized carbons (Fsp3) is 0.333. The number of carbonyl (C=O) groups excluding carboxylic acids is 1. The van der Waals surface area contributed by atoms with Gasteiger partial charge in [0.1, 0.15) is 0 Å². The molecule has 84 valence electrons. The first-order chi connectivity index (χ1) is 7.77. The lowest BCUT2D eigenvalue weighted by Gasteiger charge is -2.19. The Hall–Kier alpha value is -1.71. The van der Waals surface area contributed by atoms with Gasteiger partial charge >= 0.3 is 0 Å². The van der Waals surface area contributed by atoms with E-state index in [-0.39, 0.29) is 17.5 Å². The smallest absolute Gasteiger partial charge is 0.254 e. The van der Waals surface area contributed by atoms with Crippen LogP contribution in [0.2, 0.25) is 0 Å². The van der Waals surface area contributed by atoms with Crippen molar-refractivity contribution in [2.45, 2.75) is 25.3 Å². The Balaban J connectivity index is 2.03. The standard InChI is InChI=1S/C12H13FN2O/c13-11-8-14-7-6-10(11)12(16)15-9-4-2-1-3-5-9/h1-2,6-9H,3-5H2,(H,15,16). The topological polar surface area (TPSA) is 42.0 Å². The molecule has 1 aromatic heterocycles. The minimum absolute atomic E-state index is 0.0598. The lowest BCUT2D eigenvalue weighted by Crippen LogP contribution is -2.35. The molecule has 16 heavy (non-hydrogen) atoms. The van der Waals surface area contributed by atoms with Crippen molar-refractivity contribution in [2.24, 2.45) is 0 Å². The van der Waals surface area contributed by atoms with Gasteiger partial charge in [0, 0.05) is 12.2 Å². The second kappa shape index (κ2) is 4.88. The van der Waals surface area contributed by atoms with E-state index in [0.717, 1.165) is 25.5 Å². The lowest BCUT2D eigenvalue weighted by atomic mass is 10.0. The molecule has 2 rings (SSSR count). The molecule has 1 aromatic rings. The van der Waals surface area contributed by atoms with Crippen LogP contribution >= 0.6 is 0 Å². The summed E-state index contributed by atoms with van der Waals surface area (Å²) in [6.07, 6.45) is 9.29. The van der Waals surface area contributed by atoms with E-state index in [2.05, 4.69) is 16.4 Å². The monoisotopic (exact) mass is 220 g/mol. The van der Waals surface area contributed by atoms with Gasteiger partial charge in [0.2, 0.25) is 0 Å². The first-order valence-corrected chi connectivity index (χ1v) is 5.33. The molecule has 4 heteroatoms. The molecule has 0 aromatic carbocycles. The average molecular weight is 220 g/mol. The summed E-state index contributed by atoms with van der Waals surface area (Å²) in [6, 6.07) is 1.51. The van der Waals surface area contributed by atoms with Crippen LogP contribution in [-0.2, 0) is 0 Å². The molecule has 0 fully saturated rings. The first kappa shape index (κ1) is 10.8. The molecule has 0 spiro atoms. The third kappa shape index (κ3) is 2.45. The number of allylic oxidation sites excluding steroid dienone is 1.